The molecule has 0 atom stereocenters. The molecular weight excluding hydrogens is 230 g/mol. The van der Waals surface area contributed by atoms with Gasteiger partial charge in [0, 0.05) is 6.54 Å². The molecule has 3 rings (SSSR count). The van der Waals surface area contributed by atoms with Gasteiger partial charge in [0.2, 0.25) is 0 Å². The van der Waals surface area contributed by atoms with Gasteiger partial charge in [0.1, 0.15) is 5.52 Å². The number of carbonyl (C=O) groups is 1. The molecule has 1 aliphatic rings. The topological polar surface area (TPSA) is 68.0 Å². The largest absolute Gasteiger partial charge is 0.478 e. The second-order valence-electron chi connectivity index (χ2n) is 5.42. The lowest BCUT2D eigenvalue weighted by atomic mass is 9.70. The predicted molar refractivity (Wildman–Crippen MR) is 66.4 cm³/mol. The third-order valence-corrected chi connectivity index (χ3v) is 3.85. The molecule has 5 nitrogen and oxygen atoms in total. The van der Waals surface area contributed by atoms with Crippen LogP contribution < -0.4 is 0 Å². The molecule has 1 saturated carbocycles. The standard InChI is InChI=1S/C13H15N3O2/c1-13(5-2-6-13)8-16-11-4-3-9(12(17)18)7-10(11)14-15-16/h3-4,7H,2,5-6,8H2,1H3,(H,17,18). The van der Waals surface area contributed by atoms with Crippen molar-refractivity contribution in [2.24, 2.45) is 5.41 Å². The van der Waals surface area contributed by atoms with Crippen molar-refractivity contribution < 1.29 is 9.90 Å². The minimum atomic E-state index is -0.933. The van der Waals surface area contributed by atoms with Gasteiger partial charge in [0.25, 0.3) is 0 Å². The van der Waals surface area contributed by atoms with E-state index in [0.29, 0.717) is 10.9 Å². The van der Waals surface area contributed by atoms with E-state index < -0.39 is 5.97 Å². The zero-order valence-electron chi connectivity index (χ0n) is 10.3. The fourth-order valence-corrected chi connectivity index (χ4v) is 2.52. The Morgan fingerprint density at radius 3 is 2.89 bits per heavy atom. The van der Waals surface area contributed by atoms with E-state index in [1.165, 1.54) is 19.3 Å². The molecule has 94 valence electrons. The number of hydrogen-bond donors (Lipinski definition) is 1. The normalized spacial score (nSPS) is 17.6. The number of nitrogens with zero attached hydrogens (tertiary/aromatic N) is 3. The number of fused-ring (bicyclic) bond motifs is 1. The highest BCUT2D eigenvalue weighted by Crippen LogP contribution is 2.41. The molecule has 1 heterocycles. The molecule has 0 spiro atoms. The van der Waals surface area contributed by atoms with Crippen molar-refractivity contribution in [2.45, 2.75) is 32.7 Å². The summed E-state index contributed by atoms with van der Waals surface area (Å²) in [5, 5.41) is 17.1. The number of aromatic nitrogens is 3. The highest BCUT2D eigenvalue weighted by Gasteiger charge is 2.32. The number of aromatic carboxylic acids is 1. The molecule has 2 aromatic rings. The van der Waals surface area contributed by atoms with Crippen LogP contribution in [0.3, 0.4) is 0 Å². The summed E-state index contributed by atoms with van der Waals surface area (Å²) in [7, 11) is 0. The van der Waals surface area contributed by atoms with E-state index in [2.05, 4.69) is 17.2 Å². The predicted octanol–water partition coefficient (Wildman–Crippen LogP) is 2.32. The van der Waals surface area contributed by atoms with E-state index >= 15 is 0 Å². The summed E-state index contributed by atoms with van der Waals surface area (Å²) >= 11 is 0. The van der Waals surface area contributed by atoms with E-state index in [4.69, 9.17) is 5.11 Å². The highest BCUT2D eigenvalue weighted by atomic mass is 16.4. The minimum absolute atomic E-state index is 0.254. The third-order valence-electron chi connectivity index (χ3n) is 3.85. The lowest BCUT2D eigenvalue weighted by Gasteiger charge is -2.38. The Balaban J connectivity index is 1.96. The molecule has 0 radical (unpaired) electrons. The molecule has 1 N–H and O–H groups in total. The number of benzene rings is 1. The Kier molecular flexibility index (Phi) is 2.36. The van der Waals surface area contributed by atoms with Crippen LogP contribution >= 0.6 is 0 Å². The maximum Gasteiger partial charge on any atom is 0.335 e. The van der Waals surface area contributed by atoms with Crippen LogP contribution in [-0.2, 0) is 6.54 Å². The summed E-state index contributed by atoms with van der Waals surface area (Å²) in [4.78, 5) is 10.9. The number of hydrogen-bond acceptors (Lipinski definition) is 3. The SMILES string of the molecule is CC1(Cn2nnc3cc(C(=O)O)ccc32)CCC1. The van der Waals surface area contributed by atoms with E-state index in [-0.39, 0.29) is 5.56 Å². The maximum atomic E-state index is 10.9. The Morgan fingerprint density at radius 1 is 1.50 bits per heavy atom. The average Bonchev–Trinajstić information content (AvgIpc) is 2.69. The molecule has 1 aromatic carbocycles. The van der Waals surface area contributed by atoms with Gasteiger partial charge in [-0.1, -0.05) is 18.6 Å². The Bertz CT molecular complexity index is 614. The molecule has 1 aromatic heterocycles. The van der Waals surface area contributed by atoms with Crippen LogP contribution in [0.2, 0.25) is 0 Å². The van der Waals surface area contributed by atoms with Crippen molar-refractivity contribution in [1.29, 1.82) is 0 Å². The smallest absolute Gasteiger partial charge is 0.335 e. The summed E-state index contributed by atoms with van der Waals surface area (Å²) in [5.74, 6) is -0.933. The van der Waals surface area contributed by atoms with Gasteiger partial charge >= 0.3 is 5.97 Å². The zero-order chi connectivity index (χ0) is 12.8. The fraction of sp³-hybridized carbons (Fsp3) is 0.462. The van der Waals surface area contributed by atoms with E-state index in [1.807, 2.05) is 4.68 Å². The molecule has 0 aliphatic heterocycles. The Hall–Kier alpha value is -1.91. The third kappa shape index (κ3) is 1.75. The molecule has 0 saturated heterocycles. The monoisotopic (exact) mass is 245 g/mol. The van der Waals surface area contributed by atoms with Crippen molar-refractivity contribution >= 4 is 17.0 Å². The first-order valence-corrected chi connectivity index (χ1v) is 6.14. The molecule has 0 amide bonds. The first-order chi connectivity index (χ1) is 8.57. The second kappa shape index (κ2) is 3.80. The first-order valence-electron chi connectivity index (χ1n) is 6.14. The summed E-state index contributed by atoms with van der Waals surface area (Å²) in [6.07, 6.45) is 3.73. The van der Waals surface area contributed by atoms with E-state index in [9.17, 15) is 4.79 Å². The molecule has 18 heavy (non-hydrogen) atoms. The first kappa shape index (κ1) is 11.2. The summed E-state index contributed by atoms with van der Waals surface area (Å²) in [5.41, 5.74) is 2.14. The van der Waals surface area contributed by atoms with Crippen LogP contribution in [0.5, 0.6) is 0 Å². The van der Waals surface area contributed by atoms with Crippen LogP contribution in [0.1, 0.15) is 36.5 Å². The number of carboxylic acids is 1. The van der Waals surface area contributed by atoms with E-state index in [0.717, 1.165) is 12.1 Å². The van der Waals surface area contributed by atoms with Gasteiger partial charge in [-0.15, -0.1) is 5.10 Å². The van der Waals surface area contributed by atoms with Crippen molar-refractivity contribution in [3.63, 3.8) is 0 Å². The van der Waals surface area contributed by atoms with Gasteiger partial charge in [-0.05, 0) is 36.5 Å². The van der Waals surface area contributed by atoms with Crippen molar-refractivity contribution in [3.8, 4) is 0 Å². The summed E-state index contributed by atoms with van der Waals surface area (Å²) < 4.78 is 1.89. The van der Waals surface area contributed by atoms with Crippen LogP contribution in [-0.4, -0.2) is 26.1 Å². The molecule has 1 aliphatic carbocycles. The lowest BCUT2D eigenvalue weighted by molar-refractivity contribution is 0.0697. The quantitative estimate of drug-likeness (QED) is 0.901. The molecule has 0 bridgehead atoms. The Labute approximate surface area is 104 Å². The van der Waals surface area contributed by atoms with E-state index in [1.54, 1.807) is 18.2 Å². The van der Waals surface area contributed by atoms with Crippen LogP contribution in [0, 0.1) is 5.41 Å². The van der Waals surface area contributed by atoms with Gasteiger partial charge in [-0.25, -0.2) is 9.48 Å². The molecule has 5 heteroatoms. The van der Waals surface area contributed by atoms with Gasteiger partial charge < -0.3 is 5.11 Å². The average molecular weight is 245 g/mol. The van der Waals surface area contributed by atoms with Crippen molar-refractivity contribution in [1.82, 2.24) is 15.0 Å². The molecule has 1 fully saturated rings. The van der Waals surface area contributed by atoms with Crippen LogP contribution in [0.4, 0.5) is 0 Å². The number of carboxylic acid groups (broad SMARTS) is 1. The van der Waals surface area contributed by atoms with Crippen LogP contribution in [0.15, 0.2) is 18.2 Å². The Morgan fingerprint density at radius 2 is 2.28 bits per heavy atom. The highest BCUT2D eigenvalue weighted by molar-refractivity contribution is 5.92. The molecule has 0 unspecified atom stereocenters. The van der Waals surface area contributed by atoms with Gasteiger partial charge in [-0.3, -0.25) is 0 Å². The summed E-state index contributed by atoms with van der Waals surface area (Å²) in [6.45, 7) is 3.12. The second-order valence-corrected chi connectivity index (χ2v) is 5.42. The van der Waals surface area contributed by atoms with Crippen molar-refractivity contribution in [2.75, 3.05) is 0 Å². The van der Waals surface area contributed by atoms with Gasteiger partial charge in [0.05, 0.1) is 11.1 Å². The summed E-state index contributed by atoms with van der Waals surface area (Å²) in [6, 6.07) is 4.97. The zero-order valence-corrected chi connectivity index (χ0v) is 10.3. The van der Waals surface area contributed by atoms with Gasteiger partial charge in [-0.2, -0.15) is 0 Å². The maximum absolute atomic E-state index is 10.9. The lowest BCUT2D eigenvalue weighted by Crippen LogP contribution is -2.31. The number of rotatable bonds is 3. The van der Waals surface area contributed by atoms with Crippen molar-refractivity contribution in [3.05, 3.63) is 23.8 Å². The molecular formula is C13H15N3O2. The fourth-order valence-electron chi connectivity index (χ4n) is 2.52. The minimum Gasteiger partial charge on any atom is -0.478 e. The van der Waals surface area contributed by atoms with Gasteiger partial charge in [0.15, 0.2) is 0 Å². The van der Waals surface area contributed by atoms with Crippen LogP contribution in [0.25, 0.3) is 11.0 Å².